The molecule has 1 aromatic heterocycles. The SMILES string of the molecule is COc1ccc(C#CCN2CC[C@@H](CC[C@@H](F)c3ccnc4ccc(OC)cc34)[C@@H](C(=O)O)C2)cc1. The number of halogens is 1. The highest BCUT2D eigenvalue weighted by Crippen LogP contribution is 2.35. The maximum atomic E-state index is 15.4. The molecule has 3 aromatic rings. The summed E-state index contributed by atoms with van der Waals surface area (Å²) < 4.78 is 25.8. The molecule has 6 nitrogen and oxygen atoms in total. The maximum Gasteiger partial charge on any atom is 0.308 e. The summed E-state index contributed by atoms with van der Waals surface area (Å²) in [5, 5.41) is 10.6. The number of piperidine rings is 1. The number of hydrogen-bond donors (Lipinski definition) is 1. The van der Waals surface area contributed by atoms with Crippen molar-refractivity contribution in [2.75, 3.05) is 33.9 Å². The van der Waals surface area contributed by atoms with Gasteiger partial charge in [0.1, 0.15) is 17.7 Å². The summed E-state index contributed by atoms with van der Waals surface area (Å²) in [6.45, 7) is 1.67. The fraction of sp³-hybridized carbons (Fsp3) is 0.379. The van der Waals surface area contributed by atoms with Gasteiger partial charge in [0, 0.05) is 23.7 Å². The number of nitrogens with zero attached hydrogens (tertiary/aromatic N) is 2. The molecule has 0 saturated carbocycles. The number of carbonyl (C=O) groups is 1. The number of benzene rings is 2. The third-order valence-electron chi connectivity index (χ3n) is 6.89. The molecule has 1 saturated heterocycles. The van der Waals surface area contributed by atoms with Gasteiger partial charge in [0.2, 0.25) is 0 Å². The van der Waals surface area contributed by atoms with E-state index in [2.05, 4.69) is 21.7 Å². The van der Waals surface area contributed by atoms with E-state index in [1.807, 2.05) is 30.3 Å². The van der Waals surface area contributed by atoms with Crippen LogP contribution in [0.2, 0.25) is 0 Å². The lowest BCUT2D eigenvalue weighted by Gasteiger charge is -2.35. The molecule has 188 valence electrons. The topological polar surface area (TPSA) is 71.9 Å². The molecule has 1 N–H and O–H groups in total. The summed E-state index contributed by atoms with van der Waals surface area (Å²) >= 11 is 0. The van der Waals surface area contributed by atoms with Crippen LogP contribution >= 0.6 is 0 Å². The van der Waals surface area contributed by atoms with Gasteiger partial charge < -0.3 is 14.6 Å². The van der Waals surface area contributed by atoms with E-state index in [0.717, 1.165) is 23.2 Å². The fourth-order valence-corrected chi connectivity index (χ4v) is 4.83. The highest BCUT2D eigenvalue weighted by molar-refractivity contribution is 5.83. The Morgan fingerprint density at radius 2 is 1.92 bits per heavy atom. The molecular formula is C29H31FN2O4. The number of hydrogen-bond acceptors (Lipinski definition) is 5. The predicted molar refractivity (Wildman–Crippen MR) is 137 cm³/mol. The van der Waals surface area contributed by atoms with Crippen molar-refractivity contribution in [1.29, 1.82) is 0 Å². The number of methoxy groups -OCH3 is 2. The van der Waals surface area contributed by atoms with Crippen molar-refractivity contribution < 1.29 is 23.8 Å². The van der Waals surface area contributed by atoms with Crippen LogP contribution in [0.4, 0.5) is 4.39 Å². The smallest absolute Gasteiger partial charge is 0.308 e. The Bertz CT molecular complexity index is 1250. The number of fused-ring (bicyclic) bond motifs is 1. The van der Waals surface area contributed by atoms with Crippen molar-refractivity contribution in [3.05, 3.63) is 65.9 Å². The number of rotatable bonds is 8. The highest BCUT2D eigenvalue weighted by atomic mass is 19.1. The lowest BCUT2D eigenvalue weighted by atomic mass is 9.81. The molecule has 0 aliphatic carbocycles. The van der Waals surface area contributed by atoms with Gasteiger partial charge in [-0.15, -0.1) is 0 Å². The van der Waals surface area contributed by atoms with E-state index in [-0.39, 0.29) is 12.3 Å². The van der Waals surface area contributed by atoms with E-state index in [1.54, 1.807) is 38.6 Å². The summed E-state index contributed by atoms with van der Waals surface area (Å²) in [7, 11) is 3.20. The number of alkyl halides is 1. The Kier molecular flexibility index (Phi) is 8.40. The highest BCUT2D eigenvalue weighted by Gasteiger charge is 2.34. The zero-order chi connectivity index (χ0) is 25.5. The Hall–Kier alpha value is -3.63. The molecule has 0 bridgehead atoms. The molecule has 0 amide bonds. The van der Waals surface area contributed by atoms with E-state index < -0.39 is 18.1 Å². The minimum atomic E-state index is -1.20. The summed E-state index contributed by atoms with van der Waals surface area (Å²) in [6, 6.07) is 14.6. The maximum absolute atomic E-state index is 15.4. The van der Waals surface area contributed by atoms with E-state index in [0.29, 0.717) is 42.8 Å². The van der Waals surface area contributed by atoms with E-state index in [4.69, 9.17) is 9.47 Å². The van der Waals surface area contributed by atoms with E-state index >= 15 is 4.39 Å². The first kappa shape index (κ1) is 25.5. The average molecular weight is 491 g/mol. The van der Waals surface area contributed by atoms with Crippen molar-refractivity contribution in [2.45, 2.75) is 25.4 Å². The average Bonchev–Trinajstić information content (AvgIpc) is 2.91. The van der Waals surface area contributed by atoms with Crippen molar-refractivity contribution in [3.8, 4) is 23.3 Å². The van der Waals surface area contributed by atoms with Gasteiger partial charge in [0.25, 0.3) is 0 Å². The van der Waals surface area contributed by atoms with Crippen LogP contribution in [-0.2, 0) is 4.79 Å². The van der Waals surface area contributed by atoms with Gasteiger partial charge in [-0.05, 0) is 85.8 Å². The quantitative estimate of drug-likeness (QED) is 0.442. The molecule has 1 fully saturated rings. The first-order chi connectivity index (χ1) is 17.5. The first-order valence-electron chi connectivity index (χ1n) is 12.1. The summed E-state index contributed by atoms with van der Waals surface area (Å²) in [6.07, 6.45) is 1.89. The summed E-state index contributed by atoms with van der Waals surface area (Å²) in [5.41, 5.74) is 2.16. The Morgan fingerprint density at radius 3 is 2.64 bits per heavy atom. The normalized spacial score (nSPS) is 18.8. The second kappa shape index (κ2) is 11.9. The monoisotopic (exact) mass is 490 g/mol. The molecule has 0 radical (unpaired) electrons. The fourth-order valence-electron chi connectivity index (χ4n) is 4.83. The summed E-state index contributed by atoms with van der Waals surface area (Å²) in [4.78, 5) is 18.4. The van der Waals surface area contributed by atoms with Gasteiger partial charge in [0.05, 0.1) is 32.2 Å². The van der Waals surface area contributed by atoms with Gasteiger partial charge in [-0.1, -0.05) is 11.8 Å². The zero-order valence-corrected chi connectivity index (χ0v) is 20.6. The number of aliphatic carboxylic acids is 1. The summed E-state index contributed by atoms with van der Waals surface area (Å²) in [5.74, 6) is 6.25. The van der Waals surface area contributed by atoms with Crippen molar-refractivity contribution in [2.24, 2.45) is 11.8 Å². The standard InChI is InChI=1S/C29H31FN2O4/c1-35-22-8-5-20(6-9-22)4-3-16-32-17-14-21(26(19-32)29(33)34)7-11-27(30)24-13-15-31-28-12-10-23(36-2)18-25(24)28/h5-6,8-10,12-13,15,18,21,26-27H,7,11,14,16-17,19H2,1-2H3,(H,33,34)/t21-,26+,27-/m1/s1. The van der Waals surface area contributed by atoms with Crippen LogP contribution in [0.5, 0.6) is 11.5 Å². The molecule has 3 atom stereocenters. The molecule has 2 heterocycles. The predicted octanol–water partition coefficient (Wildman–Crippen LogP) is 5.12. The molecule has 36 heavy (non-hydrogen) atoms. The van der Waals surface area contributed by atoms with Gasteiger partial charge in [-0.3, -0.25) is 14.7 Å². The lowest BCUT2D eigenvalue weighted by Crippen LogP contribution is -2.44. The molecule has 4 rings (SSSR count). The molecule has 0 spiro atoms. The molecular weight excluding hydrogens is 459 g/mol. The third-order valence-corrected chi connectivity index (χ3v) is 6.89. The minimum Gasteiger partial charge on any atom is -0.497 e. The minimum absolute atomic E-state index is 0.0748. The molecule has 2 aromatic carbocycles. The van der Waals surface area contributed by atoms with Crippen LogP contribution in [0, 0.1) is 23.7 Å². The van der Waals surface area contributed by atoms with Crippen LogP contribution in [0.25, 0.3) is 10.9 Å². The van der Waals surface area contributed by atoms with Crippen LogP contribution in [0.3, 0.4) is 0 Å². The Morgan fingerprint density at radius 1 is 1.17 bits per heavy atom. The lowest BCUT2D eigenvalue weighted by molar-refractivity contribution is -0.146. The number of aromatic nitrogens is 1. The van der Waals surface area contributed by atoms with Crippen molar-refractivity contribution >= 4 is 16.9 Å². The molecule has 0 unspecified atom stereocenters. The van der Waals surface area contributed by atoms with Gasteiger partial charge >= 0.3 is 5.97 Å². The second-order valence-corrected chi connectivity index (χ2v) is 9.09. The number of carboxylic acid groups (broad SMARTS) is 1. The van der Waals surface area contributed by atoms with Crippen molar-refractivity contribution in [1.82, 2.24) is 9.88 Å². The van der Waals surface area contributed by atoms with E-state index in [9.17, 15) is 9.90 Å². The molecule has 1 aliphatic rings. The van der Waals surface area contributed by atoms with Crippen LogP contribution in [0.1, 0.15) is 36.6 Å². The first-order valence-corrected chi connectivity index (χ1v) is 12.1. The molecule has 7 heteroatoms. The number of ether oxygens (including phenoxy) is 2. The van der Waals surface area contributed by atoms with Gasteiger partial charge in [0.15, 0.2) is 0 Å². The van der Waals surface area contributed by atoms with Crippen molar-refractivity contribution in [3.63, 3.8) is 0 Å². The Balaban J connectivity index is 1.36. The second-order valence-electron chi connectivity index (χ2n) is 9.09. The number of likely N-dealkylation sites (tertiary alicyclic amines) is 1. The number of carboxylic acids is 1. The zero-order valence-electron chi connectivity index (χ0n) is 20.6. The number of pyridine rings is 1. The van der Waals surface area contributed by atoms with Gasteiger partial charge in [-0.2, -0.15) is 0 Å². The van der Waals surface area contributed by atoms with Gasteiger partial charge in [-0.25, -0.2) is 4.39 Å². The van der Waals surface area contributed by atoms with Crippen LogP contribution in [-0.4, -0.2) is 54.8 Å². The third kappa shape index (κ3) is 6.13. The Labute approximate surface area is 211 Å². The van der Waals surface area contributed by atoms with E-state index in [1.165, 1.54) is 0 Å². The van der Waals surface area contributed by atoms with Crippen LogP contribution < -0.4 is 9.47 Å². The molecule has 1 aliphatic heterocycles. The van der Waals surface area contributed by atoms with Crippen LogP contribution in [0.15, 0.2) is 54.7 Å². The largest absolute Gasteiger partial charge is 0.497 e.